The Morgan fingerprint density at radius 2 is 1.08 bits per heavy atom. The van der Waals surface area contributed by atoms with Crippen LogP contribution in [-0.2, 0) is 42.6 Å². The first-order valence-electron chi connectivity index (χ1n) is 26.7. The van der Waals surface area contributed by atoms with E-state index in [2.05, 4.69) is 55.3 Å². The van der Waals surface area contributed by atoms with Crippen molar-refractivity contribution < 1.29 is 36.4 Å². The third-order valence-electron chi connectivity index (χ3n) is 14.5. The number of nitrogens with zero attached hydrogens (tertiary/aromatic N) is 7. The summed E-state index contributed by atoms with van der Waals surface area (Å²) in [4.78, 5) is 39.4. The molecule has 2 aliphatic carbocycles. The number of aromatic amines is 1. The van der Waals surface area contributed by atoms with Gasteiger partial charge >= 0.3 is 18.5 Å². The van der Waals surface area contributed by atoms with Gasteiger partial charge in [-0.15, -0.1) is 0 Å². The van der Waals surface area contributed by atoms with Crippen molar-refractivity contribution in [3.8, 4) is 5.69 Å². The molecule has 0 amide bonds. The Morgan fingerprint density at radius 3 is 1.55 bits per heavy atom. The molecule has 0 atom stereocenters. The lowest BCUT2D eigenvalue weighted by Gasteiger charge is -2.23. The Kier molecular flexibility index (Phi) is 17.9. The van der Waals surface area contributed by atoms with E-state index in [9.17, 15) is 26.4 Å². The van der Waals surface area contributed by atoms with Crippen LogP contribution in [-0.4, -0.2) is 114 Å². The summed E-state index contributed by atoms with van der Waals surface area (Å²) in [6, 6.07) is 18.7. The second kappa shape index (κ2) is 23.9. The average molecular weight is 1130 g/mol. The zero-order valence-corrected chi connectivity index (χ0v) is 49.4. The van der Waals surface area contributed by atoms with Gasteiger partial charge in [-0.05, 0) is 91.8 Å². The maximum absolute atomic E-state index is 14.0. The number of aromatic nitrogens is 8. The van der Waals surface area contributed by atoms with Crippen LogP contribution in [0.5, 0.6) is 0 Å². The van der Waals surface area contributed by atoms with Crippen LogP contribution >= 0.6 is 0 Å². The van der Waals surface area contributed by atoms with Crippen LogP contribution < -0.4 is 16.8 Å². The highest BCUT2D eigenvalue weighted by atomic mass is 32.2. The summed E-state index contributed by atoms with van der Waals surface area (Å²) in [7, 11) is -10.4. The number of hydrogen-bond acceptors (Lipinski definition) is 12. The van der Waals surface area contributed by atoms with E-state index < -0.39 is 42.9 Å². The number of pyridine rings is 2. The normalized spacial score (nSPS) is 15.2. The van der Waals surface area contributed by atoms with Crippen molar-refractivity contribution in [2.75, 3.05) is 25.7 Å². The quantitative estimate of drug-likeness (QED) is 0.0610. The second-order valence-electron chi connectivity index (χ2n) is 23.1. The first-order chi connectivity index (χ1) is 36.4. The summed E-state index contributed by atoms with van der Waals surface area (Å²) in [6.07, 6.45) is 21.0. The number of benzene rings is 2. The van der Waals surface area contributed by atoms with Gasteiger partial charge in [-0.25, -0.2) is 36.4 Å². The van der Waals surface area contributed by atoms with Crippen molar-refractivity contribution >= 4 is 92.5 Å². The van der Waals surface area contributed by atoms with Crippen molar-refractivity contribution in [2.24, 2.45) is 0 Å². The molecule has 10 rings (SSSR count). The summed E-state index contributed by atoms with van der Waals surface area (Å²) >= 11 is 0. The molecule has 2 aliphatic rings. The second-order valence-corrected chi connectivity index (χ2v) is 38.4. The molecule has 0 bridgehead atoms. The molecule has 0 saturated heterocycles. The lowest BCUT2D eigenvalue weighted by Crippen LogP contribution is -2.29. The number of imidazole rings is 2. The summed E-state index contributed by atoms with van der Waals surface area (Å²) in [5.41, 5.74) is 5.91. The molecule has 2 fully saturated rings. The van der Waals surface area contributed by atoms with Crippen LogP contribution in [0, 0.1) is 0 Å². The van der Waals surface area contributed by atoms with Crippen LogP contribution in [0.4, 0.5) is 0 Å². The Bertz CT molecular complexity index is 3670. The van der Waals surface area contributed by atoms with Gasteiger partial charge < -0.3 is 33.6 Å². The van der Waals surface area contributed by atoms with E-state index in [-0.39, 0.29) is 32.7 Å². The van der Waals surface area contributed by atoms with E-state index in [0.29, 0.717) is 25.2 Å². The third-order valence-corrected chi connectivity index (χ3v) is 20.2. The summed E-state index contributed by atoms with van der Waals surface area (Å²) < 4.78 is 67.5. The molecule has 23 heteroatoms. The van der Waals surface area contributed by atoms with Crippen LogP contribution in [0.3, 0.4) is 0 Å². The van der Waals surface area contributed by atoms with E-state index >= 15 is 0 Å². The molecule has 18 nitrogen and oxygen atoms in total. The minimum atomic E-state index is -3.33. The van der Waals surface area contributed by atoms with Gasteiger partial charge in [0, 0.05) is 77.1 Å². The summed E-state index contributed by atoms with van der Waals surface area (Å²) in [5.74, 6) is 0. The Labute approximate surface area is 453 Å². The number of sulfone groups is 2. The molecule has 3 N–H and O–H groups in total. The van der Waals surface area contributed by atoms with Gasteiger partial charge in [-0.2, -0.15) is 0 Å². The van der Waals surface area contributed by atoms with Crippen LogP contribution in [0.1, 0.15) is 76.3 Å². The smallest absolute Gasteiger partial charge is 0.423 e. The fourth-order valence-electron chi connectivity index (χ4n) is 10.2. The third kappa shape index (κ3) is 13.9. The Balaban J connectivity index is 0.000000171. The lowest BCUT2D eigenvalue weighted by molar-refractivity contribution is 0.0898. The van der Waals surface area contributed by atoms with E-state index in [0.717, 1.165) is 114 Å². The van der Waals surface area contributed by atoms with Gasteiger partial charge in [0.1, 0.15) is 24.8 Å². The number of H-pyrrole nitrogens is 1. The molecule has 77 heavy (non-hydrogen) atoms. The molecule has 0 radical (unpaired) electrons. The zero-order chi connectivity index (χ0) is 55.5. The summed E-state index contributed by atoms with van der Waals surface area (Å²) in [5, 5.41) is 19.4. The van der Waals surface area contributed by atoms with Crippen molar-refractivity contribution in [2.45, 2.75) is 151 Å². The molecule has 6 aromatic heterocycles. The maximum Gasteiger partial charge on any atom is 0.488 e. The molecular formula is C54H75BN8O10S2Si2. The van der Waals surface area contributed by atoms with Gasteiger partial charge in [0.2, 0.25) is 0 Å². The molecule has 8 aromatic rings. The van der Waals surface area contributed by atoms with Crippen molar-refractivity contribution in [3.05, 3.63) is 106 Å². The van der Waals surface area contributed by atoms with Gasteiger partial charge in [0.15, 0.2) is 19.7 Å². The Hall–Kier alpha value is -5.40. The van der Waals surface area contributed by atoms with Crippen LogP contribution in [0.15, 0.2) is 105 Å². The number of rotatable bonds is 16. The largest absolute Gasteiger partial charge is 0.488 e. The maximum atomic E-state index is 14.0. The minimum Gasteiger partial charge on any atom is -0.423 e. The molecule has 0 aliphatic heterocycles. The topological polar surface area (TPSA) is 228 Å². The monoisotopic (exact) mass is 1130 g/mol. The van der Waals surface area contributed by atoms with Crippen LogP contribution in [0.2, 0.25) is 51.4 Å². The standard InChI is InChI=1S/C27H36N4O4SSi.C20H30N4O2Si.C7H9BO4S/c1-36(33,34)22-12-10-21(11-13-22)30-24-18-28-26-23(14-15-29(26)19-35-16-17-37(2,3)4)25(24)31(27(30)32)20-8-6-5-7-9-20;1-27(2,3)12-11-26-14-23-10-9-16-18-17(13-21-19(16)23)22-20(25)24(18)15-7-5-4-6-8-15;1-13(11,12)7-4-2-6(3-5-7)8(9)10/h10-15,18,20H,5-9,16-17,19H2,1-4H3;9-10,13,15H,4-8,11-12,14H2,1-3H3,(H,22,25);2-5,9-10H,1H3. The number of fused-ring (bicyclic) bond motifs is 6. The van der Waals surface area contributed by atoms with Gasteiger partial charge in [-0.1, -0.05) is 89.9 Å². The molecule has 0 spiro atoms. The van der Waals surface area contributed by atoms with E-state index in [4.69, 9.17) is 24.5 Å². The molecule has 0 unspecified atom stereocenters. The van der Waals surface area contributed by atoms with E-state index in [1.54, 1.807) is 41.2 Å². The number of hydrogen-bond donors (Lipinski definition) is 3. The SMILES string of the molecule is CS(=O)(=O)c1ccc(B(O)O)cc1.C[Si](C)(C)CCOCn1ccc2c1ncc1[nH]c(=O)n(C3CCCCC3)c12.C[Si](C)(C)CCOCn1ccc2c1ncc1c2n(C2CCCCC2)c(=O)n1-c1ccc(S(C)(=O)=O)cc1. The predicted octanol–water partition coefficient (Wildman–Crippen LogP) is 8.63. The predicted molar refractivity (Wildman–Crippen MR) is 312 cm³/mol. The average Bonchev–Trinajstić information content (AvgIpc) is 4.18. The van der Waals surface area contributed by atoms with Gasteiger partial charge in [0.25, 0.3) is 0 Å². The van der Waals surface area contributed by atoms with Crippen molar-refractivity contribution in [1.29, 1.82) is 0 Å². The van der Waals surface area contributed by atoms with Gasteiger partial charge in [0.05, 0.1) is 49.9 Å². The first-order valence-corrected chi connectivity index (χ1v) is 37.9. The van der Waals surface area contributed by atoms with E-state index in [1.807, 2.05) is 36.7 Å². The van der Waals surface area contributed by atoms with Gasteiger partial charge in [-0.3, -0.25) is 13.7 Å². The zero-order valence-electron chi connectivity index (χ0n) is 45.7. The van der Waals surface area contributed by atoms with E-state index in [1.165, 1.54) is 56.2 Å². The fourth-order valence-corrected chi connectivity index (χ4v) is 13.0. The fraction of sp³-hybridized carbons (Fsp3) is 0.481. The molecule has 414 valence electrons. The molecule has 2 saturated carbocycles. The lowest BCUT2D eigenvalue weighted by atomic mass is 9.81. The van der Waals surface area contributed by atoms with Crippen molar-refractivity contribution in [1.82, 2.24) is 37.8 Å². The molecule has 6 heterocycles. The minimum absolute atomic E-state index is 0.00895. The molecule has 2 aromatic carbocycles. The highest BCUT2D eigenvalue weighted by Gasteiger charge is 2.27. The highest BCUT2D eigenvalue weighted by molar-refractivity contribution is 7.91. The summed E-state index contributed by atoms with van der Waals surface area (Å²) in [6.45, 7) is 16.5. The number of ether oxygens (including phenoxy) is 2. The van der Waals surface area contributed by atoms with Crippen LogP contribution in [0.25, 0.3) is 49.8 Å². The van der Waals surface area contributed by atoms with Crippen molar-refractivity contribution in [3.63, 3.8) is 0 Å². The first kappa shape index (κ1) is 57.8. The highest BCUT2D eigenvalue weighted by Crippen LogP contribution is 2.35. The molecular weight excluding hydrogens is 1050 g/mol. The number of nitrogens with one attached hydrogen (secondary N) is 1. The Morgan fingerprint density at radius 1 is 0.623 bits per heavy atom.